The fourth-order valence-corrected chi connectivity index (χ4v) is 5.11. The zero-order valence-electron chi connectivity index (χ0n) is 29.0. The Bertz CT molecular complexity index is 1480. The minimum atomic E-state index is -1.41. The van der Waals surface area contributed by atoms with Gasteiger partial charge in [0.25, 0.3) is 0 Å². The van der Waals surface area contributed by atoms with Gasteiger partial charge in [0.1, 0.15) is 0 Å². The molecule has 0 aromatic heterocycles. The first-order valence-corrected chi connectivity index (χ1v) is 16.6. The number of carbonyl (C=O) groups excluding carboxylic acids is 2. The molecule has 0 aliphatic heterocycles. The number of esters is 2. The third-order valence-corrected chi connectivity index (χ3v) is 8.56. The van der Waals surface area contributed by atoms with Crippen molar-refractivity contribution < 1.29 is 29.3 Å². The van der Waals surface area contributed by atoms with E-state index in [2.05, 4.69) is 93.7 Å². The molecule has 252 valence electrons. The van der Waals surface area contributed by atoms with Gasteiger partial charge in [0.05, 0.1) is 35.6 Å². The van der Waals surface area contributed by atoms with E-state index in [0.717, 1.165) is 23.1 Å². The summed E-state index contributed by atoms with van der Waals surface area (Å²) in [6, 6.07) is 23.9. The molecule has 0 saturated heterocycles. The van der Waals surface area contributed by atoms with Crippen molar-refractivity contribution >= 4 is 11.9 Å². The third-order valence-electron chi connectivity index (χ3n) is 8.56. The summed E-state index contributed by atoms with van der Waals surface area (Å²) in [4.78, 5) is 24.9. The van der Waals surface area contributed by atoms with Crippen molar-refractivity contribution in [3.8, 4) is 22.3 Å². The topological polar surface area (TPSA) is 93.1 Å². The molecule has 3 aromatic rings. The number of rotatable bonds is 17. The van der Waals surface area contributed by atoms with Gasteiger partial charge in [-0.2, -0.15) is 0 Å². The Labute approximate surface area is 281 Å². The maximum absolute atomic E-state index is 12.5. The lowest BCUT2D eigenvalue weighted by Crippen LogP contribution is -2.31. The van der Waals surface area contributed by atoms with E-state index in [9.17, 15) is 19.8 Å². The molecule has 2 N–H and O–H groups in total. The number of benzene rings is 3. The zero-order valence-corrected chi connectivity index (χ0v) is 29.0. The molecule has 0 bridgehead atoms. The second kappa shape index (κ2) is 16.7. The molecule has 0 radical (unpaired) electrons. The van der Waals surface area contributed by atoms with Gasteiger partial charge in [-0.25, -0.2) is 9.59 Å². The van der Waals surface area contributed by atoms with Crippen molar-refractivity contribution in [1.82, 2.24) is 0 Å². The van der Waals surface area contributed by atoms with E-state index in [1.54, 1.807) is 0 Å². The Kier molecular flexibility index (Phi) is 13.3. The average molecular weight is 641 g/mol. The van der Waals surface area contributed by atoms with Gasteiger partial charge in [0.15, 0.2) is 0 Å². The second-order valence-corrected chi connectivity index (χ2v) is 13.6. The summed E-state index contributed by atoms with van der Waals surface area (Å²) in [6.45, 7) is 17.5. The number of hydrogen-bond donors (Lipinski definition) is 2. The van der Waals surface area contributed by atoms with E-state index in [1.807, 2.05) is 0 Å². The maximum Gasteiger partial charge on any atom is 0.336 e. The number of carbonyl (C=O) groups is 2. The van der Waals surface area contributed by atoms with Gasteiger partial charge in [-0.1, -0.05) is 99.7 Å². The highest BCUT2D eigenvalue weighted by Gasteiger charge is 2.28. The van der Waals surface area contributed by atoms with Crippen LogP contribution in [0.15, 0.2) is 91.0 Å². The molecule has 0 aliphatic carbocycles. The predicted octanol–water partition coefficient (Wildman–Crippen LogP) is 8.35. The minimum absolute atomic E-state index is 0.0263. The molecular formula is C41H52O6. The first-order chi connectivity index (χ1) is 22.1. The first kappa shape index (κ1) is 37.5. The van der Waals surface area contributed by atoms with Crippen LogP contribution in [0.3, 0.4) is 0 Å². The molecule has 47 heavy (non-hydrogen) atoms. The SMILES string of the molecule is C=C(C(=O)OCC(CCc1ccc(-c2ccc(-c3ccc(CCCCC)cc3)c(C)c2)cc1)COC(=O)C(=C)C(C)(C)O)C(C)(C)O. The molecule has 0 atom stereocenters. The van der Waals surface area contributed by atoms with Crippen molar-refractivity contribution in [3.63, 3.8) is 0 Å². The molecule has 0 spiro atoms. The quantitative estimate of drug-likeness (QED) is 0.0875. The number of ether oxygens (including phenoxy) is 2. The van der Waals surface area contributed by atoms with E-state index in [0.29, 0.717) is 12.8 Å². The van der Waals surface area contributed by atoms with E-state index in [4.69, 9.17) is 9.47 Å². The lowest BCUT2D eigenvalue weighted by molar-refractivity contribution is -0.146. The molecule has 0 unspecified atom stereocenters. The monoisotopic (exact) mass is 640 g/mol. The van der Waals surface area contributed by atoms with Crippen LogP contribution in [0.25, 0.3) is 22.3 Å². The van der Waals surface area contributed by atoms with Crippen molar-refractivity contribution in [2.45, 2.75) is 91.3 Å². The summed E-state index contributed by atoms with van der Waals surface area (Å²) in [5, 5.41) is 20.2. The van der Waals surface area contributed by atoms with Gasteiger partial charge in [0.2, 0.25) is 0 Å². The molecule has 3 rings (SSSR count). The van der Waals surface area contributed by atoms with Crippen LogP contribution in [0, 0.1) is 12.8 Å². The van der Waals surface area contributed by atoms with Crippen molar-refractivity contribution in [3.05, 3.63) is 108 Å². The van der Waals surface area contributed by atoms with E-state index >= 15 is 0 Å². The highest BCUT2D eigenvalue weighted by atomic mass is 16.5. The van der Waals surface area contributed by atoms with Crippen LogP contribution in [-0.2, 0) is 31.9 Å². The van der Waals surface area contributed by atoms with Crippen molar-refractivity contribution in [1.29, 1.82) is 0 Å². The molecule has 0 aliphatic rings. The summed E-state index contributed by atoms with van der Waals surface area (Å²) in [7, 11) is 0. The summed E-state index contributed by atoms with van der Waals surface area (Å²) in [6.07, 6.45) is 6.08. The molecular weight excluding hydrogens is 588 g/mol. The molecule has 0 fully saturated rings. The number of aliphatic hydroxyl groups is 2. The Morgan fingerprint density at radius 2 is 1.17 bits per heavy atom. The van der Waals surface area contributed by atoms with E-state index in [1.165, 1.54) is 69.2 Å². The molecule has 6 nitrogen and oxygen atoms in total. The summed E-state index contributed by atoms with van der Waals surface area (Å²) >= 11 is 0. The van der Waals surface area contributed by atoms with Gasteiger partial charge in [-0.05, 0) is 99.2 Å². The van der Waals surface area contributed by atoms with Gasteiger partial charge < -0.3 is 19.7 Å². The molecule has 0 saturated carbocycles. The van der Waals surface area contributed by atoms with Crippen LogP contribution in [-0.4, -0.2) is 46.6 Å². The zero-order chi connectivity index (χ0) is 34.8. The Morgan fingerprint density at radius 1 is 0.702 bits per heavy atom. The number of unbranched alkanes of at least 4 members (excludes halogenated alkanes) is 2. The number of hydrogen-bond acceptors (Lipinski definition) is 6. The predicted molar refractivity (Wildman–Crippen MR) is 190 cm³/mol. The van der Waals surface area contributed by atoms with Gasteiger partial charge >= 0.3 is 11.9 Å². The molecule has 0 heterocycles. The second-order valence-electron chi connectivity index (χ2n) is 13.6. The Balaban J connectivity index is 1.66. The summed E-state index contributed by atoms with van der Waals surface area (Å²) < 4.78 is 10.9. The highest BCUT2D eigenvalue weighted by Crippen LogP contribution is 2.30. The third kappa shape index (κ3) is 11.3. The normalized spacial score (nSPS) is 11.8. The average Bonchev–Trinajstić information content (AvgIpc) is 3.03. The first-order valence-electron chi connectivity index (χ1n) is 16.6. The molecule has 6 heteroatoms. The van der Waals surface area contributed by atoms with E-state index in [-0.39, 0.29) is 30.3 Å². The minimum Gasteiger partial charge on any atom is -0.462 e. The van der Waals surface area contributed by atoms with Crippen LogP contribution in [0.2, 0.25) is 0 Å². The van der Waals surface area contributed by atoms with E-state index < -0.39 is 23.1 Å². The van der Waals surface area contributed by atoms with Crippen LogP contribution < -0.4 is 0 Å². The van der Waals surface area contributed by atoms with Crippen LogP contribution in [0.4, 0.5) is 0 Å². The lowest BCUT2D eigenvalue weighted by atomic mass is 9.94. The standard InChI is InChI=1S/C41H52O6/c1-9-10-11-12-31-17-21-35(22-18-31)37-24-23-36(25-28(37)2)34-19-15-32(16-20-34)13-14-33(26-46-38(42)29(3)40(5,6)44)27-47-39(43)30(4)41(7,8)45/h15-25,33,44-45H,3-4,9-14,26-27H2,1-2,5-8H3. The van der Waals surface area contributed by atoms with Crippen molar-refractivity contribution in [2.75, 3.05) is 13.2 Å². The summed E-state index contributed by atoms with van der Waals surface area (Å²) in [5.41, 5.74) is 5.47. The molecule has 0 amide bonds. The molecule has 3 aromatic carbocycles. The smallest absolute Gasteiger partial charge is 0.336 e. The van der Waals surface area contributed by atoms with Crippen LogP contribution in [0.1, 0.15) is 77.0 Å². The number of aryl methyl sites for hydroxylation is 3. The van der Waals surface area contributed by atoms with Crippen LogP contribution >= 0.6 is 0 Å². The Morgan fingerprint density at radius 3 is 1.64 bits per heavy atom. The van der Waals surface area contributed by atoms with Gasteiger partial charge in [-0.3, -0.25) is 0 Å². The Hall–Kier alpha value is -4.00. The summed E-state index contributed by atoms with van der Waals surface area (Å²) in [5.74, 6) is -1.74. The fraction of sp³-hybridized carbons (Fsp3) is 0.415. The van der Waals surface area contributed by atoms with Gasteiger partial charge in [-0.15, -0.1) is 0 Å². The van der Waals surface area contributed by atoms with Gasteiger partial charge in [0, 0.05) is 5.92 Å². The fourth-order valence-electron chi connectivity index (χ4n) is 5.11. The van der Waals surface area contributed by atoms with Crippen molar-refractivity contribution in [2.24, 2.45) is 5.92 Å². The highest BCUT2D eigenvalue weighted by molar-refractivity contribution is 5.90. The van der Waals surface area contributed by atoms with Crippen LogP contribution in [0.5, 0.6) is 0 Å². The lowest BCUT2D eigenvalue weighted by Gasteiger charge is -2.23. The maximum atomic E-state index is 12.5. The largest absolute Gasteiger partial charge is 0.462 e.